The molecular weight excluding hydrogens is 581 g/mol. The SMILES string of the molecule is CCc1ccccc1N(CC(=O)N(Cc1ccc(Cl)c(Cl)c1)C(Cc1ccccc1)C(=O)NCC(C)C)S(C)(=O)=O. The second-order valence-electron chi connectivity index (χ2n) is 10.4. The summed E-state index contributed by atoms with van der Waals surface area (Å²) in [5.74, 6) is -0.648. The Balaban J connectivity index is 2.09. The van der Waals surface area contributed by atoms with Crippen LogP contribution in [-0.4, -0.2) is 50.5 Å². The number of para-hydroxylation sites is 1. The number of hydrogen-bond acceptors (Lipinski definition) is 4. The van der Waals surface area contributed by atoms with Crippen LogP contribution in [0.5, 0.6) is 0 Å². The molecular formula is C31H37Cl2N3O4S. The fourth-order valence-electron chi connectivity index (χ4n) is 4.46. The van der Waals surface area contributed by atoms with Gasteiger partial charge in [-0.1, -0.05) is 98.6 Å². The lowest BCUT2D eigenvalue weighted by Crippen LogP contribution is -2.53. The van der Waals surface area contributed by atoms with Crippen molar-refractivity contribution in [2.75, 3.05) is 23.7 Å². The maximum Gasteiger partial charge on any atom is 0.244 e. The van der Waals surface area contributed by atoms with Crippen molar-refractivity contribution in [2.45, 2.75) is 46.2 Å². The number of benzene rings is 3. The highest BCUT2D eigenvalue weighted by atomic mass is 35.5. The molecule has 0 saturated carbocycles. The van der Waals surface area contributed by atoms with Gasteiger partial charge in [-0.05, 0) is 47.2 Å². The normalized spacial score (nSPS) is 12.2. The lowest BCUT2D eigenvalue weighted by atomic mass is 10.0. The molecule has 0 radical (unpaired) electrons. The van der Waals surface area contributed by atoms with Crippen LogP contribution < -0.4 is 9.62 Å². The van der Waals surface area contributed by atoms with Crippen molar-refractivity contribution in [3.05, 3.63) is 99.5 Å². The number of amides is 2. The van der Waals surface area contributed by atoms with Gasteiger partial charge in [-0.15, -0.1) is 0 Å². The molecule has 0 aliphatic heterocycles. The largest absolute Gasteiger partial charge is 0.354 e. The first-order valence-corrected chi connectivity index (χ1v) is 16.1. The molecule has 0 aliphatic carbocycles. The zero-order valence-electron chi connectivity index (χ0n) is 23.8. The highest BCUT2D eigenvalue weighted by Crippen LogP contribution is 2.26. The van der Waals surface area contributed by atoms with E-state index in [0.717, 1.165) is 21.7 Å². The highest BCUT2D eigenvalue weighted by molar-refractivity contribution is 7.92. The fourth-order valence-corrected chi connectivity index (χ4v) is 5.66. The van der Waals surface area contributed by atoms with Crippen molar-refractivity contribution in [1.29, 1.82) is 0 Å². The van der Waals surface area contributed by atoms with E-state index in [9.17, 15) is 18.0 Å². The zero-order chi connectivity index (χ0) is 30.2. The van der Waals surface area contributed by atoms with Crippen molar-refractivity contribution < 1.29 is 18.0 Å². The Bertz CT molecular complexity index is 1450. The molecule has 3 rings (SSSR count). The summed E-state index contributed by atoms with van der Waals surface area (Å²) in [6.45, 7) is 5.88. The minimum absolute atomic E-state index is 0.0232. The van der Waals surface area contributed by atoms with Gasteiger partial charge in [0.15, 0.2) is 0 Å². The van der Waals surface area contributed by atoms with Gasteiger partial charge in [-0.2, -0.15) is 0 Å². The Hall–Kier alpha value is -3.07. The second kappa shape index (κ2) is 14.7. The van der Waals surface area contributed by atoms with E-state index >= 15 is 0 Å². The third kappa shape index (κ3) is 9.21. The lowest BCUT2D eigenvalue weighted by molar-refractivity contribution is -0.140. The average molecular weight is 619 g/mol. The first-order valence-electron chi connectivity index (χ1n) is 13.5. The van der Waals surface area contributed by atoms with Crippen LogP contribution in [0.1, 0.15) is 37.5 Å². The van der Waals surface area contributed by atoms with Crippen molar-refractivity contribution in [2.24, 2.45) is 5.92 Å². The summed E-state index contributed by atoms with van der Waals surface area (Å²) < 4.78 is 27.1. The molecule has 7 nitrogen and oxygen atoms in total. The summed E-state index contributed by atoms with van der Waals surface area (Å²) in [5, 5.41) is 3.64. The number of rotatable bonds is 13. The van der Waals surface area contributed by atoms with Gasteiger partial charge < -0.3 is 10.2 Å². The van der Waals surface area contributed by atoms with Crippen LogP contribution in [0.25, 0.3) is 0 Å². The number of nitrogens with one attached hydrogen (secondary N) is 1. The van der Waals surface area contributed by atoms with Crippen LogP contribution in [0.15, 0.2) is 72.8 Å². The van der Waals surface area contributed by atoms with E-state index in [2.05, 4.69) is 5.32 Å². The van der Waals surface area contributed by atoms with E-state index in [-0.39, 0.29) is 24.8 Å². The summed E-state index contributed by atoms with van der Waals surface area (Å²) in [6.07, 6.45) is 1.90. The molecule has 0 bridgehead atoms. The van der Waals surface area contributed by atoms with Gasteiger partial charge in [-0.3, -0.25) is 13.9 Å². The summed E-state index contributed by atoms with van der Waals surface area (Å²) >= 11 is 12.4. The summed E-state index contributed by atoms with van der Waals surface area (Å²) in [6, 6.07) is 20.6. The van der Waals surface area contributed by atoms with E-state index < -0.39 is 28.5 Å². The number of nitrogens with zero attached hydrogens (tertiary/aromatic N) is 2. The van der Waals surface area contributed by atoms with Gasteiger partial charge in [0.1, 0.15) is 12.6 Å². The Kier molecular flexibility index (Phi) is 11.6. The average Bonchev–Trinajstić information content (AvgIpc) is 2.94. The smallest absolute Gasteiger partial charge is 0.244 e. The summed E-state index contributed by atoms with van der Waals surface area (Å²) in [5.41, 5.74) is 2.74. The zero-order valence-corrected chi connectivity index (χ0v) is 26.1. The molecule has 0 aromatic heterocycles. The third-order valence-corrected chi connectivity index (χ3v) is 8.48. The molecule has 41 heavy (non-hydrogen) atoms. The molecule has 2 amide bonds. The molecule has 1 atom stereocenters. The second-order valence-corrected chi connectivity index (χ2v) is 13.1. The number of halogens is 2. The Morgan fingerprint density at radius 2 is 1.56 bits per heavy atom. The fraction of sp³-hybridized carbons (Fsp3) is 0.355. The molecule has 1 N–H and O–H groups in total. The van der Waals surface area contributed by atoms with Crippen molar-refractivity contribution in [1.82, 2.24) is 10.2 Å². The summed E-state index contributed by atoms with van der Waals surface area (Å²) in [7, 11) is -3.84. The minimum atomic E-state index is -3.84. The minimum Gasteiger partial charge on any atom is -0.354 e. The van der Waals surface area contributed by atoms with E-state index in [1.165, 1.54) is 4.90 Å². The molecule has 3 aromatic rings. The maximum atomic E-state index is 14.2. The van der Waals surface area contributed by atoms with E-state index in [1.54, 1.807) is 30.3 Å². The first-order chi connectivity index (χ1) is 19.4. The first kappa shape index (κ1) is 32.4. The quantitative estimate of drug-likeness (QED) is 0.265. The number of aryl methyl sites for hydroxylation is 1. The number of carbonyl (C=O) groups excluding carboxylic acids is 2. The highest BCUT2D eigenvalue weighted by Gasteiger charge is 2.33. The van der Waals surface area contributed by atoms with Gasteiger partial charge in [0.2, 0.25) is 21.8 Å². The Morgan fingerprint density at radius 1 is 0.902 bits per heavy atom. The molecule has 10 heteroatoms. The van der Waals surface area contributed by atoms with Crippen molar-refractivity contribution in [3.63, 3.8) is 0 Å². The number of carbonyl (C=O) groups is 2. The van der Waals surface area contributed by atoms with Gasteiger partial charge >= 0.3 is 0 Å². The standard InChI is InChI=1S/C31H37Cl2N3O4S/c1-5-25-13-9-10-14-28(25)36(41(4,39)40)21-30(37)35(20-24-15-16-26(32)27(33)17-24)29(31(38)34-19-22(2)3)18-23-11-7-6-8-12-23/h6-17,22,29H,5,18-21H2,1-4H3,(H,34,38). The molecule has 0 heterocycles. The van der Waals surface area contributed by atoms with E-state index in [1.807, 2.05) is 63.2 Å². The maximum absolute atomic E-state index is 14.2. The predicted molar refractivity (Wildman–Crippen MR) is 167 cm³/mol. The molecule has 0 fully saturated rings. The van der Waals surface area contributed by atoms with Gasteiger partial charge in [0.25, 0.3) is 0 Å². The summed E-state index contributed by atoms with van der Waals surface area (Å²) in [4.78, 5) is 29.3. The number of sulfonamides is 1. The van der Waals surface area contributed by atoms with Gasteiger partial charge in [0.05, 0.1) is 22.0 Å². The van der Waals surface area contributed by atoms with E-state index in [0.29, 0.717) is 34.3 Å². The third-order valence-electron chi connectivity index (χ3n) is 6.61. The monoisotopic (exact) mass is 617 g/mol. The van der Waals surface area contributed by atoms with Crippen LogP contribution in [-0.2, 0) is 39.0 Å². The van der Waals surface area contributed by atoms with Gasteiger partial charge in [0, 0.05) is 19.5 Å². The lowest BCUT2D eigenvalue weighted by Gasteiger charge is -2.34. The topological polar surface area (TPSA) is 86.8 Å². The Labute approximate surface area is 253 Å². The van der Waals surface area contributed by atoms with Crippen LogP contribution in [0.4, 0.5) is 5.69 Å². The van der Waals surface area contributed by atoms with E-state index in [4.69, 9.17) is 23.2 Å². The molecule has 0 aliphatic rings. The number of hydrogen-bond donors (Lipinski definition) is 1. The Morgan fingerprint density at radius 3 is 2.17 bits per heavy atom. The predicted octanol–water partition coefficient (Wildman–Crippen LogP) is 5.73. The molecule has 3 aromatic carbocycles. The van der Waals surface area contributed by atoms with Gasteiger partial charge in [-0.25, -0.2) is 8.42 Å². The molecule has 220 valence electrons. The van der Waals surface area contributed by atoms with Crippen molar-refractivity contribution in [3.8, 4) is 0 Å². The number of anilines is 1. The van der Waals surface area contributed by atoms with Crippen LogP contribution >= 0.6 is 23.2 Å². The van der Waals surface area contributed by atoms with Crippen molar-refractivity contribution >= 4 is 50.7 Å². The molecule has 0 spiro atoms. The van der Waals surface area contributed by atoms with Crippen LogP contribution in [0.2, 0.25) is 10.0 Å². The van der Waals surface area contributed by atoms with Crippen LogP contribution in [0.3, 0.4) is 0 Å². The molecule has 0 saturated heterocycles. The van der Waals surface area contributed by atoms with Crippen LogP contribution in [0, 0.1) is 5.92 Å². The molecule has 1 unspecified atom stereocenters.